The number of hydrogen-bond donors (Lipinski definition) is 0. The van der Waals surface area contributed by atoms with Crippen LogP contribution >= 0.6 is 0 Å². The molecule has 0 aliphatic heterocycles. The largest absolute Gasteiger partial charge is 0.198 e. The third kappa shape index (κ3) is 1.79. The Hall–Kier alpha value is -0.770. The first-order valence-corrected chi connectivity index (χ1v) is 6.47. The lowest BCUT2D eigenvalue weighted by Gasteiger charge is -2.56. The Morgan fingerprint density at radius 3 is 2.69 bits per heavy atom. The van der Waals surface area contributed by atoms with Crippen molar-refractivity contribution in [2.24, 2.45) is 22.7 Å². The predicted molar refractivity (Wildman–Crippen MR) is 66.7 cm³/mol. The number of nitriles is 1. The van der Waals surface area contributed by atoms with Crippen LogP contribution in [0.25, 0.3) is 0 Å². The van der Waals surface area contributed by atoms with Crippen LogP contribution in [0.2, 0.25) is 0 Å². The molecule has 0 radical (unpaired) electrons. The first-order chi connectivity index (χ1) is 7.37. The number of allylic oxidation sites excluding steroid dienone is 2. The van der Waals surface area contributed by atoms with Gasteiger partial charge in [0.25, 0.3) is 0 Å². The van der Waals surface area contributed by atoms with Crippen LogP contribution in [0.15, 0.2) is 11.6 Å². The monoisotopic (exact) mass is 217 g/mol. The molecule has 0 aromatic carbocycles. The summed E-state index contributed by atoms with van der Waals surface area (Å²) >= 11 is 0. The van der Waals surface area contributed by atoms with Crippen molar-refractivity contribution in [3.8, 4) is 6.07 Å². The Balaban J connectivity index is 1.98. The molecule has 1 saturated carbocycles. The first-order valence-electron chi connectivity index (χ1n) is 6.47. The maximum absolute atomic E-state index is 9.03. The fourth-order valence-corrected chi connectivity index (χ4v) is 3.27. The molecule has 3 aliphatic rings. The van der Waals surface area contributed by atoms with Crippen molar-refractivity contribution in [3.63, 3.8) is 0 Å². The van der Waals surface area contributed by atoms with Gasteiger partial charge in [-0.25, -0.2) is 0 Å². The minimum absolute atomic E-state index is 0.161. The molecule has 0 heterocycles. The summed E-state index contributed by atoms with van der Waals surface area (Å²) in [7, 11) is 0. The molecule has 0 aromatic rings. The van der Waals surface area contributed by atoms with E-state index in [1.54, 1.807) is 5.57 Å². The minimum atomic E-state index is -0.161. The van der Waals surface area contributed by atoms with E-state index in [0.717, 1.165) is 24.7 Å². The van der Waals surface area contributed by atoms with Gasteiger partial charge in [-0.05, 0) is 56.8 Å². The lowest BCUT2D eigenvalue weighted by atomic mass is 9.48. The van der Waals surface area contributed by atoms with Gasteiger partial charge in [0.15, 0.2) is 0 Å². The van der Waals surface area contributed by atoms with Crippen LogP contribution < -0.4 is 0 Å². The summed E-state index contributed by atoms with van der Waals surface area (Å²) in [6, 6.07) is 2.40. The average molecular weight is 217 g/mol. The summed E-state index contributed by atoms with van der Waals surface area (Å²) < 4.78 is 0. The molecule has 3 rings (SSSR count). The van der Waals surface area contributed by atoms with E-state index in [-0.39, 0.29) is 5.41 Å². The van der Waals surface area contributed by atoms with Gasteiger partial charge in [0.1, 0.15) is 0 Å². The highest BCUT2D eigenvalue weighted by Crippen LogP contribution is 2.60. The van der Waals surface area contributed by atoms with E-state index in [9.17, 15) is 0 Å². The zero-order valence-electron chi connectivity index (χ0n) is 11.0. The third-order valence-electron chi connectivity index (χ3n) is 4.92. The molecule has 16 heavy (non-hydrogen) atoms. The molecule has 3 aliphatic carbocycles. The lowest BCUT2D eigenvalue weighted by Crippen LogP contribution is -2.48. The van der Waals surface area contributed by atoms with Crippen LogP contribution in [-0.4, -0.2) is 0 Å². The van der Waals surface area contributed by atoms with Crippen LogP contribution in [0.1, 0.15) is 53.4 Å². The quantitative estimate of drug-likeness (QED) is 0.646. The van der Waals surface area contributed by atoms with E-state index in [2.05, 4.69) is 26.0 Å². The van der Waals surface area contributed by atoms with Crippen LogP contribution in [0.4, 0.5) is 0 Å². The van der Waals surface area contributed by atoms with Gasteiger partial charge >= 0.3 is 0 Å². The second-order valence-electron chi connectivity index (χ2n) is 6.82. The first kappa shape index (κ1) is 11.7. The Morgan fingerprint density at radius 1 is 1.50 bits per heavy atom. The van der Waals surface area contributed by atoms with Crippen molar-refractivity contribution in [1.29, 1.82) is 5.26 Å². The van der Waals surface area contributed by atoms with Gasteiger partial charge in [0.2, 0.25) is 0 Å². The molecule has 0 spiro atoms. The summed E-state index contributed by atoms with van der Waals surface area (Å²) in [5.41, 5.74) is 2.00. The highest BCUT2D eigenvalue weighted by Gasteiger charge is 2.50. The number of rotatable bonds is 3. The number of nitrogens with zero attached hydrogens (tertiary/aromatic N) is 1. The maximum atomic E-state index is 9.03. The zero-order chi connectivity index (χ0) is 12.0. The van der Waals surface area contributed by atoms with Crippen molar-refractivity contribution >= 4 is 0 Å². The summed E-state index contributed by atoms with van der Waals surface area (Å²) in [5.74, 6) is 1.73. The van der Waals surface area contributed by atoms with Crippen LogP contribution in [0, 0.1) is 34.0 Å². The Kier molecular flexibility index (Phi) is 2.65. The molecule has 2 atom stereocenters. The van der Waals surface area contributed by atoms with E-state index in [1.165, 1.54) is 12.8 Å². The standard InChI is InChI=1S/C15H23N/c1-14(2,10-16)8-7-11-5-6-12-9-13(11)15(12,3)4/h5,12-13H,6-9H2,1-4H3. The van der Waals surface area contributed by atoms with Gasteiger partial charge in [-0.3, -0.25) is 0 Å². The average Bonchev–Trinajstić information content (AvgIpc) is 2.26. The van der Waals surface area contributed by atoms with Gasteiger partial charge in [0.05, 0.1) is 11.5 Å². The second-order valence-corrected chi connectivity index (χ2v) is 6.82. The lowest BCUT2D eigenvalue weighted by molar-refractivity contribution is -0.00885. The zero-order valence-corrected chi connectivity index (χ0v) is 11.0. The Morgan fingerprint density at radius 2 is 2.19 bits per heavy atom. The van der Waals surface area contributed by atoms with Gasteiger partial charge in [-0.2, -0.15) is 5.26 Å². The van der Waals surface area contributed by atoms with E-state index < -0.39 is 0 Å². The van der Waals surface area contributed by atoms with E-state index in [0.29, 0.717) is 5.41 Å². The van der Waals surface area contributed by atoms with Crippen LogP contribution in [-0.2, 0) is 0 Å². The summed E-state index contributed by atoms with van der Waals surface area (Å²) in [6.45, 7) is 8.92. The molecule has 0 N–H and O–H groups in total. The highest BCUT2D eigenvalue weighted by molar-refractivity contribution is 5.23. The smallest absolute Gasteiger partial charge is 0.0684 e. The second kappa shape index (κ2) is 3.62. The maximum Gasteiger partial charge on any atom is 0.0684 e. The summed E-state index contributed by atoms with van der Waals surface area (Å²) in [5, 5.41) is 9.03. The normalized spacial score (nSPS) is 31.3. The summed E-state index contributed by atoms with van der Waals surface area (Å²) in [6.07, 6.45) is 7.25. The minimum Gasteiger partial charge on any atom is -0.198 e. The predicted octanol–water partition coefficient (Wildman–Crippen LogP) is 4.31. The molecular weight excluding hydrogens is 194 g/mol. The van der Waals surface area contributed by atoms with Gasteiger partial charge < -0.3 is 0 Å². The van der Waals surface area contributed by atoms with Crippen LogP contribution in [0.5, 0.6) is 0 Å². The van der Waals surface area contributed by atoms with Crippen molar-refractivity contribution in [2.75, 3.05) is 0 Å². The molecule has 2 unspecified atom stereocenters. The Labute approximate surface area is 99.5 Å². The summed E-state index contributed by atoms with van der Waals surface area (Å²) in [4.78, 5) is 0. The Bertz CT molecular complexity index is 354. The van der Waals surface area contributed by atoms with Crippen molar-refractivity contribution in [1.82, 2.24) is 0 Å². The van der Waals surface area contributed by atoms with E-state index in [1.807, 2.05) is 13.8 Å². The molecule has 0 saturated heterocycles. The van der Waals surface area contributed by atoms with Gasteiger partial charge in [0, 0.05) is 0 Å². The molecule has 1 heteroatoms. The fourth-order valence-electron chi connectivity index (χ4n) is 3.27. The molecule has 2 bridgehead atoms. The number of fused-ring (bicyclic) bond motifs is 1. The molecule has 1 fully saturated rings. The van der Waals surface area contributed by atoms with Crippen molar-refractivity contribution in [3.05, 3.63) is 11.6 Å². The highest BCUT2D eigenvalue weighted by atomic mass is 14.5. The van der Waals surface area contributed by atoms with E-state index in [4.69, 9.17) is 5.26 Å². The molecule has 0 aromatic heterocycles. The SMILES string of the molecule is CC(C)(C#N)CCC1=CCC2CC1C2(C)C. The fraction of sp³-hybridized carbons (Fsp3) is 0.800. The third-order valence-corrected chi connectivity index (χ3v) is 4.92. The number of hydrogen-bond acceptors (Lipinski definition) is 1. The molecule has 0 amide bonds. The molecular formula is C15H23N. The van der Waals surface area contributed by atoms with Crippen molar-refractivity contribution < 1.29 is 0 Å². The van der Waals surface area contributed by atoms with E-state index >= 15 is 0 Å². The molecule has 88 valence electrons. The van der Waals surface area contributed by atoms with Gasteiger partial charge in [-0.1, -0.05) is 25.5 Å². The molecule has 1 nitrogen and oxygen atoms in total. The van der Waals surface area contributed by atoms with Crippen molar-refractivity contribution in [2.45, 2.75) is 53.4 Å². The van der Waals surface area contributed by atoms with Crippen LogP contribution in [0.3, 0.4) is 0 Å². The van der Waals surface area contributed by atoms with Gasteiger partial charge in [-0.15, -0.1) is 0 Å². The topological polar surface area (TPSA) is 23.8 Å².